The third kappa shape index (κ3) is 4.30. The number of rotatable bonds is 7. The number of hydrogen-bond acceptors (Lipinski definition) is 6. The number of esters is 1. The van der Waals surface area contributed by atoms with Crippen molar-refractivity contribution in [3.05, 3.63) is 24.3 Å². The molecule has 0 spiro atoms. The van der Waals surface area contributed by atoms with E-state index in [0.717, 1.165) is 17.1 Å². The summed E-state index contributed by atoms with van der Waals surface area (Å²) in [5.74, 6) is -0.00635. The Balaban J connectivity index is 1.83. The molecule has 136 valence electrons. The van der Waals surface area contributed by atoms with E-state index in [9.17, 15) is 18.5 Å². The molecule has 0 amide bonds. The first-order valence-corrected chi connectivity index (χ1v) is 9.50. The third-order valence-corrected chi connectivity index (χ3v) is 6.08. The number of ether oxygens (including phenoxy) is 2. The van der Waals surface area contributed by atoms with E-state index >= 15 is 0 Å². The Labute approximate surface area is 148 Å². The van der Waals surface area contributed by atoms with Crippen LogP contribution in [0.5, 0.6) is 5.75 Å². The summed E-state index contributed by atoms with van der Waals surface area (Å²) in [6, 6.07) is 8.10. The van der Waals surface area contributed by atoms with Crippen molar-refractivity contribution in [3.8, 4) is 11.8 Å². The van der Waals surface area contributed by atoms with Crippen LogP contribution in [0, 0.1) is 16.7 Å². The van der Waals surface area contributed by atoms with Crippen molar-refractivity contribution >= 4 is 16.0 Å². The highest BCUT2D eigenvalue weighted by Gasteiger charge is 2.43. The van der Waals surface area contributed by atoms with Gasteiger partial charge in [0, 0.05) is 14.1 Å². The molecule has 0 radical (unpaired) electrons. The topological polar surface area (TPSA) is 96.7 Å². The first-order valence-electron chi connectivity index (χ1n) is 8.06. The Morgan fingerprint density at radius 3 is 2.32 bits per heavy atom. The summed E-state index contributed by atoms with van der Waals surface area (Å²) >= 11 is 0. The first kappa shape index (κ1) is 19.2. The molecule has 0 bridgehead atoms. The lowest BCUT2D eigenvalue weighted by Crippen LogP contribution is -2.29. The second-order valence-corrected chi connectivity index (χ2v) is 8.30. The van der Waals surface area contributed by atoms with Crippen LogP contribution in [0.2, 0.25) is 0 Å². The monoisotopic (exact) mass is 366 g/mol. The molecule has 0 atom stereocenters. The molecule has 0 saturated heterocycles. The van der Waals surface area contributed by atoms with Crippen molar-refractivity contribution in [3.63, 3.8) is 0 Å². The lowest BCUT2D eigenvalue weighted by Gasteiger charge is -2.18. The van der Waals surface area contributed by atoms with E-state index < -0.39 is 21.4 Å². The first-order chi connectivity index (χ1) is 11.8. The van der Waals surface area contributed by atoms with Crippen molar-refractivity contribution < 1.29 is 22.7 Å². The van der Waals surface area contributed by atoms with Crippen molar-refractivity contribution in [2.75, 3.05) is 27.3 Å². The van der Waals surface area contributed by atoms with E-state index in [2.05, 4.69) is 6.07 Å². The fourth-order valence-corrected chi connectivity index (χ4v) is 3.59. The van der Waals surface area contributed by atoms with Crippen LogP contribution < -0.4 is 4.74 Å². The predicted octanol–water partition coefficient (Wildman–Crippen LogP) is 1.94. The number of carbonyl (C=O) groups excluding carboxylic acids is 1. The second-order valence-electron chi connectivity index (χ2n) is 6.14. The summed E-state index contributed by atoms with van der Waals surface area (Å²) < 4.78 is 35.7. The van der Waals surface area contributed by atoms with E-state index in [4.69, 9.17) is 9.47 Å². The second kappa shape index (κ2) is 7.85. The van der Waals surface area contributed by atoms with E-state index in [1.54, 1.807) is 12.1 Å². The summed E-state index contributed by atoms with van der Waals surface area (Å²) in [7, 11) is -0.542. The van der Waals surface area contributed by atoms with Gasteiger partial charge in [0.05, 0.1) is 11.0 Å². The Morgan fingerprint density at radius 1 is 1.20 bits per heavy atom. The molecule has 1 fully saturated rings. The van der Waals surface area contributed by atoms with Crippen LogP contribution in [-0.2, 0) is 19.6 Å². The van der Waals surface area contributed by atoms with Gasteiger partial charge in [-0.05, 0) is 37.1 Å². The zero-order valence-electron chi connectivity index (χ0n) is 14.4. The molecule has 1 aromatic rings. The van der Waals surface area contributed by atoms with Gasteiger partial charge in [-0.2, -0.15) is 5.26 Å². The Hall–Kier alpha value is -2.11. The van der Waals surface area contributed by atoms with Gasteiger partial charge in [-0.25, -0.2) is 12.7 Å². The Bertz CT molecular complexity index is 744. The molecular formula is C17H22N2O5S. The molecule has 25 heavy (non-hydrogen) atoms. The predicted molar refractivity (Wildman–Crippen MR) is 90.3 cm³/mol. The number of hydrogen-bond donors (Lipinski definition) is 0. The van der Waals surface area contributed by atoms with Gasteiger partial charge >= 0.3 is 5.97 Å². The van der Waals surface area contributed by atoms with Gasteiger partial charge in [-0.3, -0.25) is 4.79 Å². The average Bonchev–Trinajstić information content (AvgIpc) is 3.09. The van der Waals surface area contributed by atoms with E-state index in [1.165, 1.54) is 26.2 Å². The number of sulfonamides is 1. The van der Waals surface area contributed by atoms with Crippen LogP contribution in [0.4, 0.5) is 0 Å². The Kier molecular flexibility index (Phi) is 6.03. The van der Waals surface area contributed by atoms with Crippen LogP contribution in [0.25, 0.3) is 0 Å². The van der Waals surface area contributed by atoms with Crippen LogP contribution in [-0.4, -0.2) is 46.0 Å². The molecule has 1 aromatic carbocycles. The van der Waals surface area contributed by atoms with Crippen molar-refractivity contribution in [1.82, 2.24) is 4.31 Å². The highest BCUT2D eigenvalue weighted by atomic mass is 32.2. The summed E-state index contributed by atoms with van der Waals surface area (Å²) in [4.78, 5) is 12.2. The van der Waals surface area contributed by atoms with Gasteiger partial charge in [0.25, 0.3) is 0 Å². The summed E-state index contributed by atoms with van der Waals surface area (Å²) in [5, 5.41) is 9.22. The van der Waals surface area contributed by atoms with Crippen LogP contribution in [0.3, 0.4) is 0 Å². The van der Waals surface area contributed by atoms with Crippen LogP contribution in [0.1, 0.15) is 25.7 Å². The van der Waals surface area contributed by atoms with Gasteiger partial charge in [0.1, 0.15) is 19.0 Å². The molecule has 0 heterocycles. The number of benzene rings is 1. The minimum atomic E-state index is -3.47. The molecule has 7 nitrogen and oxygen atoms in total. The smallest absolute Gasteiger partial charge is 0.326 e. The van der Waals surface area contributed by atoms with Crippen LogP contribution in [0.15, 0.2) is 29.2 Å². The summed E-state index contributed by atoms with van der Waals surface area (Å²) in [5.41, 5.74) is -0.998. The maximum atomic E-state index is 12.1. The molecule has 0 N–H and O–H groups in total. The number of nitrogens with zero attached hydrogens (tertiary/aromatic N) is 2. The standard InChI is InChI=1S/C17H22N2O5S/c1-19(2)25(21,22)15-7-5-14(6-8-15)23-11-12-24-16(20)17(13-18)9-3-4-10-17/h5-8H,3-4,9-12H2,1-2H3. The molecule has 1 aliphatic rings. The lowest BCUT2D eigenvalue weighted by molar-refractivity contribution is -0.152. The summed E-state index contributed by atoms with van der Waals surface area (Å²) in [6.07, 6.45) is 2.82. The van der Waals surface area contributed by atoms with Gasteiger partial charge in [0.2, 0.25) is 10.0 Å². The average molecular weight is 366 g/mol. The molecule has 2 rings (SSSR count). The third-order valence-electron chi connectivity index (χ3n) is 4.25. The highest BCUT2D eigenvalue weighted by molar-refractivity contribution is 7.89. The Morgan fingerprint density at radius 2 is 1.80 bits per heavy atom. The van der Waals surface area contributed by atoms with Crippen molar-refractivity contribution in [2.24, 2.45) is 5.41 Å². The minimum Gasteiger partial charge on any atom is -0.490 e. The maximum absolute atomic E-state index is 12.1. The zero-order valence-corrected chi connectivity index (χ0v) is 15.2. The normalized spacial score (nSPS) is 16.4. The molecule has 0 unspecified atom stereocenters. The molecule has 0 aromatic heterocycles. The van der Waals surface area contributed by atoms with E-state index in [0.29, 0.717) is 18.6 Å². The fraction of sp³-hybridized carbons (Fsp3) is 0.529. The van der Waals surface area contributed by atoms with Gasteiger partial charge in [0.15, 0.2) is 5.41 Å². The highest BCUT2D eigenvalue weighted by Crippen LogP contribution is 2.38. The molecule has 0 aliphatic heterocycles. The molecular weight excluding hydrogens is 344 g/mol. The zero-order chi connectivity index (χ0) is 18.5. The van der Waals surface area contributed by atoms with E-state index in [1.807, 2.05) is 0 Å². The van der Waals surface area contributed by atoms with Crippen molar-refractivity contribution in [1.29, 1.82) is 5.26 Å². The van der Waals surface area contributed by atoms with Crippen molar-refractivity contribution in [2.45, 2.75) is 30.6 Å². The molecule has 8 heteroatoms. The quantitative estimate of drug-likeness (QED) is 0.540. The van der Waals surface area contributed by atoms with Gasteiger partial charge in [-0.15, -0.1) is 0 Å². The number of carbonyl (C=O) groups is 1. The maximum Gasteiger partial charge on any atom is 0.326 e. The minimum absolute atomic E-state index is 0.0417. The summed E-state index contributed by atoms with van der Waals surface area (Å²) in [6.45, 7) is 0.174. The fourth-order valence-electron chi connectivity index (χ4n) is 2.69. The largest absolute Gasteiger partial charge is 0.490 e. The van der Waals surface area contributed by atoms with E-state index in [-0.39, 0.29) is 18.1 Å². The molecule has 1 aliphatic carbocycles. The van der Waals surface area contributed by atoms with Gasteiger partial charge < -0.3 is 9.47 Å². The van der Waals surface area contributed by atoms with Crippen LogP contribution >= 0.6 is 0 Å². The number of nitriles is 1. The van der Waals surface area contributed by atoms with Gasteiger partial charge in [-0.1, -0.05) is 12.8 Å². The molecule has 1 saturated carbocycles. The lowest BCUT2D eigenvalue weighted by atomic mass is 9.88. The SMILES string of the molecule is CN(C)S(=O)(=O)c1ccc(OCCOC(=O)C2(C#N)CCCC2)cc1.